The molecule has 6 nitrogen and oxygen atoms in total. The highest BCUT2D eigenvalue weighted by Gasteiger charge is 2.41. The summed E-state index contributed by atoms with van der Waals surface area (Å²) in [6.07, 6.45) is 7.29. The molecule has 0 atom stereocenters. The first-order valence-electron chi connectivity index (χ1n) is 9.84. The van der Waals surface area contributed by atoms with Crippen molar-refractivity contribution in [3.8, 4) is 0 Å². The summed E-state index contributed by atoms with van der Waals surface area (Å²) in [5.74, 6) is 1.03. The maximum atomic E-state index is 11.6. The van der Waals surface area contributed by atoms with Crippen molar-refractivity contribution in [2.24, 2.45) is 10.4 Å². The Balaban J connectivity index is 1.74. The number of alkyl carbamates (subject to hydrolysis) is 1. The van der Waals surface area contributed by atoms with Gasteiger partial charge in [-0.3, -0.25) is 4.99 Å². The van der Waals surface area contributed by atoms with Crippen LogP contribution in [0.4, 0.5) is 4.79 Å². The van der Waals surface area contributed by atoms with E-state index in [0.717, 1.165) is 32.0 Å². The van der Waals surface area contributed by atoms with Gasteiger partial charge in [-0.25, -0.2) is 4.79 Å². The van der Waals surface area contributed by atoms with Crippen LogP contribution in [-0.2, 0) is 4.74 Å². The van der Waals surface area contributed by atoms with Gasteiger partial charge in [0.15, 0.2) is 5.96 Å². The summed E-state index contributed by atoms with van der Waals surface area (Å²) < 4.78 is 5.23. The van der Waals surface area contributed by atoms with Crippen molar-refractivity contribution < 1.29 is 9.53 Å². The molecule has 1 aliphatic carbocycles. The van der Waals surface area contributed by atoms with Gasteiger partial charge in [-0.15, -0.1) is 0 Å². The molecular formula is C19H36N4O2. The molecule has 2 rings (SSSR count). The summed E-state index contributed by atoms with van der Waals surface area (Å²) in [5, 5.41) is 6.22. The Bertz CT molecular complexity index is 465. The Kier molecular flexibility index (Phi) is 6.96. The summed E-state index contributed by atoms with van der Waals surface area (Å²) in [6.45, 7) is 12.2. The number of hydrogen-bond donors (Lipinski definition) is 2. The van der Waals surface area contributed by atoms with Gasteiger partial charge in [-0.1, -0.05) is 12.8 Å². The van der Waals surface area contributed by atoms with E-state index in [1.165, 1.54) is 32.1 Å². The Morgan fingerprint density at radius 2 is 1.92 bits per heavy atom. The number of hydrogen-bond acceptors (Lipinski definition) is 3. The van der Waals surface area contributed by atoms with Gasteiger partial charge in [-0.05, 0) is 58.8 Å². The van der Waals surface area contributed by atoms with Crippen molar-refractivity contribution in [2.45, 2.75) is 71.8 Å². The molecule has 1 spiro atoms. The average Bonchev–Trinajstić information content (AvgIpc) is 3.14. The Morgan fingerprint density at radius 3 is 2.56 bits per heavy atom. The first-order chi connectivity index (χ1) is 11.8. The number of ether oxygens (including phenoxy) is 1. The lowest BCUT2D eigenvalue weighted by atomic mass is 9.86. The molecule has 1 saturated carbocycles. The highest BCUT2D eigenvalue weighted by atomic mass is 16.6. The molecule has 1 amide bonds. The van der Waals surface area contributed by atoms with Crippen LogP contribution < -0.4 is 10.6 Å². The molecule has 6 heteroatoms. The molecule has 0 radical (unpaired) electrons. The van der Waals surface area contributed by atoms with Crippen LogP contribution in [0.5, 0.6) is 0 Å². The monoisotopic (exact) mass is 352 g/mol. The third kappa shape index (κ3) is 6.40. The second-order valence-electron chi connectivity index (χ2n) is 8.40. The third-order valence-electron chi connectivity index (χ3n) is 5.00. The highest BCUT2D eigenvalue weighted by Crippen LogP contribution is 2.45. The number of rotatable bonds is 5. The van der Waals surface area contributed by atoms with E-state index < -0.39 is 5.60 Å². The second-order valence-corrected chi connectivity index (χ2v) is 8.40. The minimum Gasteiger partial charge on any atom is -0.444 e. The first kappa shape index (κ1) is 19.9. The number of carbonyl (C=O) groups excluding carboxylic acids is 1. The van der Waals surface area contributed by atoms with Gasteiger partial charge in [0.2, 0.25) is 0 Å². The zero-order chi connectivity index (χ0) is 18.3. The predicted molar refractivity (Wildman–Crippen MR) is 102 cm³/mol. The van der Waals surface area contributed by atoms with Crippen LogP contribution >= 0.6 is 0 Å². The van der Waals surface area contributed by atoms with Crippen LogP contribution in [0.2, 0.25) is 0 Å². The van der Waals surface area contributed by atoms with Gasteiger partial charge in [0.05, 0.1) is 0 Å². The normalized spacial score (nSPS) is 20.2. The zero-order valence-corrected chi connectivity index (χ0v) is 16.5. The first-order valence-corrected chi connectivity index (χ1v) is 9.84. The summed E-state index contributed by atoms with van der Waals surface area (Å²) in [4.78, 5) is 18.8. The molecule has 2 N–H and O–H groups in total. The maximum Gasteiger partial charge on any atom is 0.407 e. The van der Waals surface area contributed by atoms with E-state index in [1.807, 2.05) is 20.8 Å². The van der Waals surface area contributed by atoms with Gasteiger partial charge in [0.1, 0.15) is 5.60 Å². The van der Waals surface area contributed by atoms with Gasteiger partial charge in [0.25, 0.3) is 0 Å². The van der Waals surface area contributed by atoms with Crippen LogP contribution in [0.15, 0.2) is 4.99 Å². The van der Waals surface area contributed by atoms with Crippen LogP contribution in [0.1, 0.15) is 66.2 Å². The summed E-state index contributed by atoms with van der Waals surface area (Å²) >= 11 is 0. The lowest BCUT2D eigenvalue weighted by Gasteiger charge is -2.26. The minimum absolute atomic E-state index is 0.355. The predicted octanol–water partition coefficient (Wildman–Crippen LogP) is 3.13. The zero-order valence-electron chi connectivity index (χ0n) is 16.5. The molecular weight excluding hydrogens is 316 g/mol. The van der Waals surface area contributed by atoms with Crippen LogP contribution in [0.25, 0.3) is 0 Å². The lowest BCUT2D eigenvalue weighted by molar-refractivity contribution is 0.0527. The molecule has 144 valence electrons. The Hall–Kier alpha value is -1.46. The largest absolute Gasteiger partial charge is 0.444 e. The van der Waals surface area contributed by atoms with Crippen LogP contribution in [0.3, 0.4) is 0 Å². The van der Waals surface area contributed by atoms with Crippen molar-refractivity contribution in [3.63, 3.8) is 0 Å². The van der Waals surface area contributed by atoms with Crippen LogP contribution in [-0.4, -0.2) is 55.3 Å². The fraction of sp³-hybridized carbons (Fsp3) is 0.895. The van der Waals surface area contributed by atoms with Crippen molar-refractivity contribution in [1.82, 2.24) is 15.5 Å². The van der Waals surface area contributed by atoms with E-state index in [0.29, 0.717) is 18.5 Å². The number of guanidine groups is 1. The second kappa shape index (κ2) is 8.77. The average molecular weight is 353 g/mol. The fourth-order valence-corrected chi connectivity index (χ4v) is 3.84. The van der Waals surface area contributed by atoms with Crippen molar-refractivity contribution in [1.29, 1.82) is 0 Å². The van der Waals surface area contributed by atoms with Gasteiger partial charge in [-0.2, -0.15) is 0 Å². The molecule has 1 aliphatic heterocycles. The molecule has 0 bridgehead atoms. The number of nitrogens with one attached hydrogen (secondary N) is 2. The molecule has 2 fully saturated rings. The molecule has 0 unspecified atom stereocenters. The standard InChI is InChI=1S/C19H36N4O2/c1-5-20-16(23-14-11-19(15-23)9-6-7-10-19)21-12-8-13-22-17(24)25-18(2,3)4/h5-15H2,1-4H3,(H,20,21)(H,22,24). The van der Waals surface area contributed by atoms with E-state index in [4.69, 9.17) is 9.73 Å². The number of aliphatic imine (C=N–C) groups is 1. The molecule has 0 aromatic heterocycles. The topological polar surface area (TPSA) is 66.0 Å². The van der Waals surface area contributed by atoms with Crippen molar-refractivity contribution in [3.05, 3.63) is 0 Å². The fourth-order valence-electron chi connectivity index (χ4n) is 3.84. The molecule has 1 saturated heterocycles. The third-order valence-corrected chi connectivity index (χ3v) is 5.00. The Labute approximate surface area is 152 Å². The van der Waals surface area contributed by atoms with Gasteiger partial charge < -0.3 is 20.3 Å². The van der Waals surface area contributed by atoms with E-state index in [9.17, 15) is 4.79 Å². The van der Waals surface area contributed by atoms with E-state index in [-0.39, 0.29) is 6.09 Å². The van der Waals surface area contributed by atoms with Gasteiger partial charge >= 0.3 is 6.09 Å². The highest BCUT2D eigenvalue weighted by molar-refractivity contribution is 5.80. The quantitative estimate of drug-likeness (QED) is 0.453. The Morgan fingerprint density at radius 1 is 1.20 bits per heavy atom. The van der Waals surface area contributed by atoms with Crippen molar-refractivity contribution >= 4 is 12.1 Å². The molecule has 2 aliphatic rings. The summed E-state index contributed by atoms with van der Waals surface area (Å²) in [7, 11) is 0. The van der Waals surface area contributed by atoms with E-state index in [1.54, 1.807) is 0 Å². The number of carbonyl (C=O) groups is 1. The van der Waals surface area contributed by atoms with Crippen LogP contribution in [0, 0.1) is 5.41 Å². The summed E-state index contributed by atoms with van der Waals surface area (Å²) in [5.41, 5.74) is 0.0981. The molecule has 25 heavy (non-hydrogen) atoms. The molecule has 0 aromatic carbocycles. The lowest BCUT2D eigenvalue weighted by Crippen LogP contribution is -2.41. The molecule has 1 heterocycles. The minimum atomic E-state index is -0.452. The van der Waals surface area contributed by atoms with E-state index in [2.05, 4.69) is 22.5 Å². The number of amides is 1. The SMILES string of the molecule is CCNC(=NCCCNC(=O)OC(C)(C)C)N1CCC2(CCCC2)C1. The number of nitrogens with zero attached hydrogens (tertiary/aromatic N) is 2. The molecule has 0 aromatic rings. The maximum absolute atomic E-state index is 11.6. The van der Waals surface area contributed by atoms with Gasteiger partial charge in [0, 0.05) is 32.7 Å². The smallest absolute Gasteiger partial charge is 0.407 e. The number of likely N-dealkylation sites (tertiary alicyclic amines) is 1. The van der Waals surface area contributed by atoms with E-state index >= 15 is 0 Å². The summed E-state index contributed by atoms with van der Waals surface area (Å²) in [6, 6.07) is 0. The van der Waals surface area contributed by atoms with Crippen molar-refractivity contribution in [2.75, 3.05) is 32.7 Å².